The number of alkyl halides is 2. The average molecular weight is 605 g/mol. The third kappa shape index (κ3) is 6.48. The van der Waals surface area contributed by atoms with Gasteiger partial charge in [0.2, 0.25) is 5.89 Å². The van der Waals surface area contributed by atoms with Crippen molar-refractivity contribution >= 4 is 23.5 Å². The van der Waals surface area contributed by atoms with Gasteiger partial charge >= 0.3 is 6.09 Å². The molecule has 0 aliphatic heterocycles. The lowest BCUT2D eigenvalue weighted by molar-refractivity contribution is 0.0577. The Bertz CT molecular complexity index is 1680. The summed E-state index contributed by atoms with van der Waals surface area (Å²) in [7, 11) is 0. The number of anilines is 2. The summed E-state index contributed by atoms with van der Waals surface area (Å²) in [5, 5.41) is 6.53. The number of ether oxygens (including phenoxy) is 1. The summed E-state index contributed by atoms with van der Waals surface area (Å²) >= 11 is 0. The van der Waals surface area contributed by atoms with Crippen LogP contribution in [0, 0.1) is 5.92 Å². The van der Waals surface area contributed by atoms with E-state index in [1.807, 2.05) is 24.3 Å². The topological polar surface area (TPSA) is 115 Å². The summed E-state index contributed by atoms with van der Waals surface area (Å²) < 4.78 is 40.3. The third-order valence-electron chi connectivity index (χ3n) is 7.78. The predicted octanol–water partition coefficient (Wildman–Crippen LogP) is 7.32. The smallest absolute Gasteiger partial charge is 0.416 e. The number of nitrogens with zero attached hydrogens (tertiary/aromatic N) is 5. The van der Waals surface area contributed by atoms with Crippen LogP contribution in [0.5, 0.6) is 0 Å². The van der Waals surface area contributed by atoms with E-state index in [2.05, 4.69) is 27.3 Å². The highest BCUT2D eigenvalue weighted by Crippen LogP contribution is 2.47. The first-order valence-corrected chi connectivity index (χ1v) is 14.6. The average Bonchev–Trinajstić information content (AvgIpc) is 3.84. The van der Waals surface area contributed by atoms with E-state index < -0.39 is 29.7 Å². The number of hydrogen-bond acceptors (Lipinski definition) is 7. The number of pyridine rings is 1. The molecule has 2 aliphatic rings. The van der Waals surface area contributed by atoms with Gasteiger partial charge in [-0.1, -0.05) is 19.1 Å². The molecule has 3 heterocycles. The minimum atomic E-state index is -2.91. The van der Waals surface area contributed by atoms with Crippen molar-refractivity contribution in [3.05, 3.63) is 72.0 Å². The van der Waals surface area contributed by atoms with Crippen molar-refractivity contribution in [2.75, 3.05) is 16.8 Å². The summed E-state index contributed by atoms with van der Waals surface area (Å²) in [6, 6.07) is 10.9. The number of amides is 2. The van der Waals surface area contributed by atoms with Crippen LogP contribution in [0.1, 0.15) is 81.5 Å². The van der Waals surface area contributed by atoms with Crippen LogP contribution < -0.4 is 10.2 Å². The molecule has 2 fully saturated rings. The van der Waals surface area contributed by atoms with Gasteiger partial charge in [0.15, 0.2) is 11.4 Å². The van der Waals surface area contributed by atoms with Gasteiger partial charge in [-0.2, -0.15) is 5.10 Å². The van der Waals surface area contributed by atoms with Crippen LogP contribution in [-0.2, 0) is 10.2 Å². The molecule has 0 spiro atoms. The van der Waals surface area contributed by atoms with E-state index in [0.717, 1.165) is 31.9 Å². The number of benzene rings is 1. The first-order chi connectivity index (χ1) is 20.9. The highest BCUT2D eigenvalue weighted by Gasteiger charge is 2.38. The van der Waals surface area contributed by atoms with Crippen LogP contribution in [0.15, 0.2) is 59.5 Å². The minimum Gasteiger partial charge on any atom is -0.444 e. The zero-order chi connectivity index (χ0) is 31.2. The molecule has 6 rings (SSSR count). The second-order valence-corrected chi connectivity index (χ2v) is 12.7. The van der Waals surface area contributed by atoms with Crippen molar-refractivity contribution < 1.29 is 27.5 Å². The zero-order valence-electron chi connectivity index (χ0n) is 25.0. The maximum absolute atomic E-state index is 13.9. The van der Waals surface area contributed by atoms with Gasteiger partial charge in [-0.25, -0.2) is 28.2 Å². The molecule has 12 heteroatoms. The van der Waals surface area contributed by atoms with Crippen LogP contribution in [0.4, 0.5) is 25.1 Å². The fourth-order valence-corrected chi connectivity index (χ4v) is 4.80. The molecule has 2 amide bonds. The Morgan fingerprint density at radius 3 is 2.55 bits per heavy atom. The van der Waals surface area contributed by atoms with Gasteiger partial charge in [-0.05, 0) is 87.6 Å². The Labute approximate surface area is 253 Å². The predicted molar refractivity (Wildman–Crippen MR) is 159 cm³/mol. The number of rotatable bonds is 9. The number of halogens is 2. The first-order valence-electron chi connectivity index (χ1n) is 14.6. The fraction of sp³-hybridized carbons (Fsp3) is 0.406. The molecule has 2 aliphatic carbocycles. The Hall–Kier alpha value is -4.61. The molecule has 44 heavy (non-hydrogen) atoms. The Morgan fingerprint density at radius 2 is 1.91 bits per heavy atom. The Morgan fingerprint density at radius 1 is 1.18 bits per heavy atom. The molecule has 0 atom stereocenters. The van der Waals surface area contributed by atoms with Crippen molar-refractivity contribution in [2.24, 2.45) is 5.92 Å². The van der Waals surface area contributed by atoms with Crippen LogP contribution in [-0.4, -0.2) is 43.9 Å². The van der Waals surface area contributed by atoms with E-state index in [0.29, 0.717) is 29.5 Å². The normalized spacial score (nSPS) is 15.7. The lowest BCUT2D eigenvalue weighted by Gasteiger charge is -2.27. The van der Waals surface area contributed by atoms with Gasteiger partial charge in [0.1, 0.15) is 17.7 Å². The SMILES string of the molecule is CC(C)(C)OC(=O)N(CC1CC1)c1cc(-c2nc(C(=O)Nc3cn(-c4ccc(C5(C)CC5)cc4)nc3C(F)F)co2)ccn1. The number of aromatic nitrogens is 4. The third-order valence-corrected chi connectivity index (χ3v) is 7.78. The van der Waals surface area contributed by atoms with E-state index in [-0.39, 0.29) is 22.7 Å². The molecular formula is C32H34F2N6O4. The molecule has 3 aromatic heterocycles. The van der Waals surface area contributed by atoms with Gasteiger partial charge in [0.05, 0.1) is 17.6 Å². The summed E-state index contributed by atoms with van der Waals surface area (Å²) in [4.78, 5) is 36.2. The quantitative estimate of drug-likeness (QED) is 0.213. The summed E-state index contributed by atoms with van der Waals surface area (Å²) in [5.74, 6) is 0.0968. The lowest BCUT2D eigenvalue weighted by Crippen LogP contribution is -2.38. The van der Waals surface area contributed by atoms with Crippen LogP contribution in [0.25, 0.3) is 17.1 Å². The molecule has 1 aromatic carbocycles. The molecule has 0 radical (unpaired) electrons. The van der Waals surface area contributed by atoms with E-state index >= 15 is 0 Å². The molecule has 230 valence electrons. The molecule has 1 N–H and O–H groups in total. The van der Waals surface area contributed by atoms with Gasteiger partial charge in [-0.3, -0.25) is 9.69 Å². The summed E-state index contributed by atoms with van der Waals surface area (Å²) in [5.41, 5.74) is 0.959. The van der Waals surface area contributed by atoms with Crippen molar-refractivity contribution in [2.45, 2.75) is 70.8 Å². The largest absolute Gasteiger partial charge is 0.444 e. The monoisotopic (exact) mass is 604 g/mol. The first kappa shape index (κ1) is 29.5. The van der Waals surface area contributed by atoms with E-state index in [4.69, 9.17) is 9.15 Å². The standard InChI is InChI=1S/C32H34F2N6O4/c1-31(2,3)44-30(42)39(16-19-5-6-19)25-15-20(11-14-35-25)29-37-24(18-43-29)28(41)36-23-17-40(38-26(23)27(33)34)22-9-7-21(8-10-22)32(4)12-13-32/h7-11,14-15,17-19,27H,5-6,12-13,16H2,1-4H3,(H,36,41). The van der Waals surface area contributed by atoms with Gasteiger partial charge in [0, 0.05) is 18.3 Å². The molecule has 4 aromatic rings. The number of nitrogens with one attached hydrogen (secondary N) is 1. The highest BCUT2D eigenvalue weighted by atomic mass is 19.3. The van der Waals surface area contributed by atoms with Gasteiger partial charge in [0.25, 0.3) is 12.3 Å². The highest BCUT2D eigenvalue weighted by molar-refractivity contribution is 6.03. The number of carbonyl (C=O) groups is 2. The van der Waals surface area contributed by atoms with E-state index in [1.54, 1.807) is 32.9 Å². The van der Waals surface area contributed by atoms with Crippen LogP contribution in [0.2, 0.25) is 0 Å². The Kier molecular flexibility index (Phi) is 7.46. The zero-order valence-corrected chi connectivity index (χ0v) is 25.0. The van der Waals surface area contributed by atoms with Gasteiger partial charge in [-0.15, -0.1) is 0 Å². The number of carbonyl (C=O) groups excluding carboxylic acids is 2. The maximum atomic E-state index is 13.9. The fourth-order valence-electron chi connectivity index (χ4n) is 4.80. The molecule has 0 bridgehead atoms. The van der Waals surface area contributed by atoms with E-state index in [1.165, 1.54) is 27.5 Å². The second-order valence-electron chi connectivity index (χ2n) is 12.7. The molecule has 10 nitrogen and oxygen atoms in total. The Balaban J connectivity index is 1.19. The van der Waals surface area contributed by atoms with Crippen LogP contribution in [0.3, 0.4) is 0 Å². The van der Waals surface area contributed by atoms with Crippen molar-refractivity contribution in [3.8, 4) is 17.1 Å². The molecule has 2 saturated carbocycles. The molecule has 0 unspecified atom stereocenters. The van der Waals surface area contributed by atoms with Crippen molar-refractivity contribution in [3.63, 3.8) is 0 Å². The lowest BCUT2D eigenvalue weighted by atomic mass is 9.98. The van der Waals surface area contributed by atoms with E-state index in [9.17, 15) is 18.4 Å². The number of hydrogen-bond donors (Lipinski definition) is 1. The van der Waals surface area contributed by atoms with Crippen LogP contribution >= 0.6 is 0 Å². The number of oxazole rings is 1. The maximum Gasteiger partial charge on any atom is 0.416 e. The summed E-state index contributed by atoms with van der Waals surface area (Å²) in [6.45, 7) is 8.05. The summed E-state index contributed by atoms with van der Waals surface area (Å²) in [6.07, 6.45) is 4.88. The minimum absolute atomic E-state index is 0.101. The van der Waals surface area contributed by atoms with Crippen molar-refractivity contribution in [1.29, 1.82) is 0 Å². The molecular weight excluding hydrogens is 570 g/mol. The second kappa shape index (κ2) is 11.1. The van der Waals surface area contributed by atoms with Gasteiger partial charge < -0.3 is 14.5 Å². The molecule has 0 saturated heterocycles. The van der Waals surface area contributed by atoms with Crippen molar-refractivity contribution in [1.82, 2.24) is 19.7 Å².